The van der Waals surface area contributed by atoms with Gasteiger partial charge in [-0.25, -0.2) is 8.78 Å². The Morgan fingerprint density at radius 3 is 2.60 bits per heavy atom. The summed E-state index contributed by atoms with van der Waals surface area (Å²) in [6.07, 6.45) is -3.24. The molecule has 0 heterocycles. The number of methoxy groups -OCH3 is 2. The number of Topliss-reactive ketones (excluding diaryl/α,β-unsaturated/α-hetero) is 1. The second-order valence-electron chi connectivity index (χ2n) is 4.58. The third kappa shape index (κ3) is 1.87. The molecule has 2 rings (SSSR count). The molecule has 0 bridgehead atoms. The predicted octanol–water partition coefficient (Wildman–Crippen LogP) is 2.25. The van der Waals surface area contributed by atoms with E-state index in [1.807, 2.05) is 0 Å². The highest BCUT2D eigenvalue weighted by atomic mass is 19.3. The van der Waals surface area contributed by atoms with Crippen LogP contribution < -0.4 is 4.74 Å². The lowest BCUT2D eigenvalue weighted by atomic mass is 9.70. The van der Waals surface area contributed by atoms with Gasteiger partial charge in [0.15, 0.2) is 11.2 Å². The summed E-state index contributed by atoms with van der Waals surface area (Å²) in [4.78, 5) is 24.2. The highest BCUT2D eigenvalue weighted by Gasteiger charge is 2.57. The van der Waals surface area contributed by atoms with Crippen LogP contribution in [0.2, 0.25) is 0 Å². The van der Waals surface area contributed by atoms with E-state index < -0.39 is 23.6 Å². The number of ketones is 1. The van der Waals surface area contributed by atoms with Gasteiger partial charge in [-0.05, 0) is 18.9 Å². The van der Waals surface area contributed by atoms with E-state index >= 15 is 0 Å². The molecule has 1 aromatic carbocycles. The van der Waals surface area contributed by atoms with Crippen molar-refractivity contribution in [2.24, 2.45) is 5.41 Å². The minimum atomic E-state index is -3.11. The van der Waals surface area contributed by atoms with Crippen molar-refractivity contribution >= 4 is 11.8 Å². The summed E-state index contributed by atoms with van der Waals surface area (Å²) in [6.45, 7) is 0. The van der Waals surface area contributed by atoms with Crippen LogP contribution in [-0.4, -0.2) is 32.4 Å². The Morgan fingerprint density at radius 1 is 1.35 bits per heavy atom. The molecule has 1 aliphatic carbocycles. The summed E-state index contributed by atoms with van der Waals surface area (Å²) < 4.78 is 36.3. The molecular weight excluding hydrogens is 270 g/mol. The largest absolute Gasteiger partial charge is 0.496 e. The molecule has 1 unspecified atom stereocenters. The maximum absolute atomic E-state index is 13.4. The molecule has 0 aliphatic heterocycles. The van der Waals surface area contributed by atoms with Crippen LogP contribution in [0.25, 0.3) is 0 Å². The van der Waals surface area contributed by atoms with E-state index in [0.717, 1.165) is 7.11 Å². The molecule has 0 aromatic heterocycles. The molecule has 0 N–H and O–H groups in total. The first-order chi connectivity index (χ1) is 9.48. The van der Waals surface area contributed by atoms with Crippen LogP contribution in [0.3, 0.4) is 0 Å². The maximum atomic E-state index is 13.4. The molecule has 0 spiro atoms. The number of esters is 1. The number of carbonyl (C=O) groups is 2. The smallest absolute Gasteiger partial charge is 0.325 e. The van der Waals surface area contributed by atoms with Crippen LogP contribution in [0.5, 0.6) is 5.75 Å². The number of carbonyl (C=O) groups excluding carboxylic acids is 2. The Labute approximate surface area is 114 Å². The molecule has 0 radical (unpaired) electrons. The second kappa shape index (κ2) is 5.19. The lowest BCUT2D eigenvalue weighted by Crippen LogP contribution is -2.49. The van der Waals surface area contributed by atoms with Crippen LogP contribution in [0.4, 0.5) is 8.78 Å². The molecule has 1 atom stereocenters. The van der Waals surface area contributed by atoms with E-state index in [1.165, 1.54) is 19.2 Å². The third-order valence-electron chi connectivity index (χ3n) is 3.69. The fourth-order valence-corrected chi connectivity index (χ4v) is 2.58. The summed E-state index contributed by atoms with van der Waals surface area (Å²) >= 11 is 0. The highest BCUT2D eigenvalue weighted by Crippen LogP contribution is 2.43. The number of fused-ring (bicyclic) bond motifs is 1. The van der Waals surface area contributed by atoms with E-state index in [4.69, 9.17) is 4.74 Å². The minimum Gasteiger partial charge on any atom is -0.496 e. The van der Waals surface area contributed by atoms with Crippen molar-refractivity contribution in [3.63, 3.8) is 0 Å². The SMILES string of the molecule is COC(=O)C1(C(F)F)CCc2c(OC)cccc2C1=O. The number of halogens is 2. The minimum absolute atomic E-state index is 0.0984. The molecule has 1 aromatic rings. The standard InChI is InChI=1S/C14H14F2O4/c1-19-10-5-3-4-9-8(10)6-7-14(11(9)17,12(15)16)13(18)20-2/h3-5,12H,6-7H2,1-2H3. The van der Waals surface area contributed by atoms with Gasteiger partial charge in [0.05, 0.1) is 14.2 Å². The predicted molar refractivity (Wildman–Crippen MR) is 66.1 cm³/mol. The summed E-state index contributed by atoms with van der Waals surface area (Å²) in [6, 6.07) is 4.62. The second-order valence-corrected chi connectivity index (χ2v) is 4.58. The van der Waals surface area contributed by atoms with Gasteiger partial charge in [0.25, 0.3) is 6.43 Å². The molecule has 6 heteroatoms. The Morgan fingerprint density at radius 2 is 2.05 bits per heavy atom. The summed E-state index contributed by atoms with van der Waals surface area (Å²) in [5.41, 5.74) is -1.75. The van der Waals surface area contributed by atoms with Gasteiger partial charge >= 0.3 is 5.97 Å². The molecule has 0 amide bonds. The molecule has 0 saturated carbocycles. The summed E-state index contributed by atoms with van der Waals surface area (Å²) in [7, 11) is 2.44. The third-order valence-corrected chi connectivity index (χ3v) is 3.69. The van der Waals surface area contributed by atoms with Crippen LogP contribution in [0.1, 0.15) is 22.3 Å². The van der Waals surface area contributed by atoms with Crippen molar-refractivity contribution in [2.45, 2.75) is 19.3 Å². The van der Waals surface area contributed by atoms with Crippen LogP contribution in [0, 0.1) is 5.41 Å². The van der Waals surface area contributed by atoms with E-state index in [9.17, 15) is 18.4 Å². The average molecular weight is 284 g/mol. The first kappa shape index (κ1) is 14.4. The van der Waals surface area contributed by atoms with Crippen molar-refractivity contribution in [1.29, 1.82) is 0 Å². The molecule has 0 saturated heterocycles. The van der Waals surface area contributed by atoms with E-state index in [0.29, 0.717) is 11.3 Å². The van der Waals surface area contributed by atoms with Crippen molar-refractivity contribution in [3.05, 3.63) is 29.3 Å². The molecular formula is C14H14F2O4. The molecule has 20 heavy (non-hydrogen) atoms. The highest BCUT2D eigenvalue weighted by molar-refractivity contribution is 6.14. The Balaban J connectivity index is 2.58. The van der Waals surface area contributed by atoms with Gasteiger partial charge in [-0.1, -0.05) is 12.1 Å². The van der Waals surface area contributed by atoms with Gasteiger partial charge in [0, 0.05) is 11.1 Å². The number of benzene rings is 1. The van der Waals surface area contributed by atoms with Gasteiger partial charge in [-0.3, -0.25) is 9.59 Å². The number of hydrogen-bond acceptors (Lipinski definition) is 4. The van der Waals surface area contributed by atoms with Gasteiger partial charge in [0.1, 0.15) is 5.75 Å². The summed E-state index contributed by atoms with van der Waals surface area (Å²) in [5, 5.41) is 0. The van der Waals surface area contributed by atoms with E-state index in [1.54, 1.807) is 6.07 Å². The van der Waals surface area contributed by atoms with E-state index in [-0.39, 0.29) is 18.4 Å². The lowest BCUT2D eigenvalue weighted by Gasteiger charge is -2.33. The van der Waals surface area contributed by atoms with Gasteiger partial charge in [-0.15, -0.1) is 0 Å². The fourth-order valence-electron chi connectivity index (χ4n) is 2.58. The Hall–Kier alpha value is -1.98. The number of rotatable bonds is 3. The van der Waals surface area contributed by atoms with Crippen molar-refractivity contribution < 1.29 is 27.8 Å². The van der Waals surface area contributed by atoms with Crippen LogP contribution >= 0.6 is 0 Å². The van der Waals surface area contributed by atoms with Crippen molar-refractivity contribution in [1.82, 2.24) is 0 Å². The quantitative estimate of drug-likeness (QED) is 0.631. The first-order valence-electron chi connectivity index (χ1n) is 6.06. The van der Waals surface area contributed by atoms with Crippen molar-refractivity contribution in [2.75, 3.05) is 14.2 Å². The topological polar surface area (TPSA) is 52.6 Å². The zero-order valence-corrected chi connectivity index (χ0v) is 11.1. The zero-order chi connectivity index (χ0) is 14.9. The average Bonchev–Trinajstić information content (AvgIpc) is 2.46. The number of alkyl halides is 2. The normalized spacial score (nSPS) is 21.6. The van der Waals surface area contributed by atoms with Crippen LogP contribution in [-0.2, 0) is 16.0 Å². The molecule has 4 nitrogen and oxygen atoms in total. The fraction of sp³-hybridized carbons (Fsp3) is 0.429. The number of hydrogen-bond donors (Lipinski definition) is 0. The van der Waals surface area contributed by atoms with Gasteiger partial charge < -0.3 is 9.47 Å². The first-order valence-corrected chi connectivity index (χ1v) is 6.06. The van der Waals surface area contributed by atoms with E-state index in [2.05, 4.69) is 4.74 Å². The monoisotopic (exact) mass is 284 g/mol. The van der Waals surface area contributed by atoms with Gasteiger partial charge in [0.2, 0.25) is 0 Å². The Bertz CT molecular complexity index is 556. The molecule has 0 fully saturated rings. The van der Waals surface area contributed by atoms with Crippen LogP contribution in [0.15, 0.2) is 18.2 Å². The lowest BCUT2D eigenvalue weighted by molar-refractivity contribution is -0.158. The summed E-state index contributed by atoms with van der Waals surface area (Å²) in [5.74, 6) is -1.63. The maximum Gasteiger partial charge on any atom is 0.325 e. The van der Waals surface area contributed by atoms with Crippen molar-refractivity contribution in [3.8, 4) is 5.75 Å². The molecule has 1 aliphatic rings. The Kier molecular flexibility index (Phi) is 3.74. The van der Waals surface area contributed by atoms with Gasteiger partial charge in [-0.2, -0.15) is 0 Å². The number of ether oxygens (including phenoxy) is 2. The molecule has 108 valence electrons. The zero-order valence-electron chi connectivity index (χ0n) is 11.1.